The first-order chi connectivity index (χ1) is 9.51. The number of nitrogen functional groups attached to an aromatic ring is 1. The third-order valence-electron chi connectivity index (χ3n) is 4.04. The minimum Gasteiger partial charge on any atom is -0.399 e. The third kappa shape index (κ3) is 3.52. The standard InChI is InChI=1S/C15H22BrN3O/c1-3-19-6-4-14(5-7-19)18(2)15(20)11-8-12(16)10-13(17)9-11/h8-10,14H,3-7,17H2,1-2H3. The average molecular weight is 340 g/mol. The average Bonchev–Trinajstić information content (AvgIpc) is 2.45. The van der Waals surface area contributed by atoms with Crippen molar-refractivity contribution in [1.29, 1.82) is 0 Å². The molecule has 1 fully saturated rings. The highest BCUT2D eigenvalue weighted by atomic mass is 79.9. The number of hydrogen-bond acceptors (Lipinski definition) is 3. The van der Waals surface area contributed by atoms with Crippen LogP contribution in [0.1, 0.15) is 30.1 Å². The molecule has 0 saturated carbocycles. The van der Waals surface area contributed by atoms with Gasteiger partial charge in [-0.05, 0) is 37.6 Å². The molecule has 2 N–H and O–H groups in total. The van der Waals surface area contributed by atoms with Crippen molar-refractivity contribution in [3.63, 3.8) is 0 Å². The van der Waals surface area contributed by atoms with Gasteiger partial charge in [-0.15, -0.1) is 0 Å². The van der Waals surface area contributed by atoms with Gasteiger partial charge in [-0.25, -0.2) is 0 Å². The fourth-order valence-corrected chi connectivity index (χ4v) is 3.24. The maximum Gasteiger partial charge on any atom is 0.253 e. The number of hydrogen-bond donors (Lipinski definition) is 1. The maximum atomic E-state index is 12.5. The largest absolute Gasteiger partial charge is 0.399 e. The normalized spacial score (nSPS) is 17.1. The van der Waals surface area contributed by atoms with Crippen molar-refractivity contribution >= 4 is 27.5 Å². The number of carbonyl (C=O) groups is 1. The Labute approximate surface area is 129 Å². The van der Waals surface area contributed by atoms with Gasteiger partial charge in [0.25, 0.3) is 5.91 Å². The summed E-state index contributed by atoms with van der Waals surface area (Å²) in [6.45, 7) is 5.41. The van der Waals surface area contributed by atoms with Crippen LogP contribution >= 0.6 is 15.9 Å². The van der Waals surface area contributed by atoms with Crippen LogP contribution in [0, 0.1) is 0 Å². The van der Waals surface area contributed by atoms with E-state index in [4.69, 9.17) is 5.73 Å². The van der Waals surface area contributed by atoms with E-state index in [1.807, 2.05) is 18.0 Å². The third-order valence-corrected chi connectivity index (χ3v) is 4.50. The van der Waals surface area contributed by atoms with E-state index in [0.29, 0.717) is 17.3 Å². The van der Waals surface area contributed by atoms with Crippen molar-refractivity contribution in [3.05, 3.63) is 28.2 Å². The Kier molecular flexibility index (Phi) is 5.05. The summed E-state index contributed by atoms with van der Waals surface area (Å²) >= 11 is 3.39. The molecule has 0 radical (unpaired) electrons. The van der Waals surface area contributed by atoms with Crippen LogP contribution in [0.25, 0.3) is 0 Å². The van der Waals surface area contributed by atoms with E-state index in [2.05, 4.69) is 27.8 Å². The van der Waals surface area contributed by atoms with Gasteiger partial charge in [0.1, 0.15) is 0 Å². The van der Waals surface area contributed by atoms with Crippen LogP contribution in [0.15, 0.2) is 22.7 Å². The summed E-state index contributed by atoms with van der Waals surface area (Å²) in [5.74, 6) is 0.0490. The Morgan fingerprint density at radius 3 is 2.60 bits per heavy atom. The van der Waals surface area contributed by atoms with Gasteiger partial charge in [-0.2, -0.15) is 0 Å². The van der Waals surface area contributed by atoms with Crippen LogP contribution in [0.5, 0.6) is 0 Å². The minimum atomic E-state index is 0.0490. The number of rotatable bonds is 3. The van der Waals surface area contributed by atoms with Gasteiger partial charge >= 0.3 is 0 Å². The topological polar surface area (TPSA) is 49.6 Å². The monoisotopic (exact) mass is 339 g/mol. The molecule has 0 aromatic heterocycles. The van der Waals surface area contributed by atoms with Gasteiger partial charge in [0.05, 0.1) is 0 Å². The second-order valence-corrected chi connectivity index (χ2v) is 6.27. The summed E-state index contributed by atoms with van der Waals surface area (Å²) in [7, 11) is 1.89. The van der Waals surface area contributed by atoms with Gasteiger partial charge in [-0.1, -0.05) is 22.9 Å². The quantitative estimate of drug-likeness (QED) is 0.861. The lowest BCUT2D eigenvalue weighted by atomic mass is 10.0. The molecule has 0 bridgehead atoms. The van der Waals surface area contributed by atoms with Crippen LogP contribution < -0.4 is 5.73 Å². The number of nitrogens with zero attached hydrogens (tertiary/aromatic N) is 2. The van der Waals surface area contributed by atoms with E-state index in [1.54, 1.807) is 12.1 Å². The molecule has 0 atom stereocenters. The van der Waals surface area contributed by atoms with E-state index in [0.717, 1.165) is 36.9 Å². The number of nitrogens with two attached hydrogens (primary N) is 1. The zero-order chi connectivity index (χ0) is 14.7. The fourth-order valence-electron chi connectivity index (χ4n) is 2.73. The molecule has 1 heterocycles. The van der Waals surface area contributed by atoms with E-state index in [9.17, 15) is 4.79 Å². The molecule has 1 aliphatic heterocycles. The lowest BCUT2D eigenvalue weighted by Crippen LogP contribution is -2.45. The number of benzene rings is 1. The highest BCUT2D eigenvalue weighted by Crippen LogP contribution is 2.21. The van der Waals surface area contributed by atoms with Crippen molar-refractivity contribution in [2.75, 3.05) is 32.4 Å². The first-order valence-electron chi connectivity index (χ1n) is 7.07. The summed E-state index contributed by atoms with van der Waals surface area (Å²) in [5.41, 5.74) is 7.06. The van der Waals surface area contributed by atoms with Crippen LogP contribution in [0.3, 0.4) is 0 Å². The van der Waals surface area contributed by atoms with Crippen molar-refractivity contribution < 1.29 is 4.79 Å². The summed E-state index contributed by atoms with van der Waals surface area (Å²) in [5, 5.41) is 0. The summed E-state index contributed by atoms with van der Waals surface area (Å²) in [6.07, 6.45) is 2.08. The molecule has 2 rings (SSSR count). The molecular formula is C15H22BrN3O. The van der Waals surface area contributed by atoms with Crippen molar-refractivity contribution in [1.82, 2.24) is 9.80 Å². The Morgan fingerprint density at radius 1 is 1.40 bits per heavy atom. The number of likely N-dealkylation sites (tertiary alicyclic amines) is 1. The molecule has 110 valence electrons. The van der Waals surface area contributed by atoms with E-state index >= 15 is 0 Å². The first-order valence-corrected chi connectivity index (χ1v) is 7.86. The Morgan fingerprint density at radius 2 is 2.05 bits per heavy atom. The number of halogens is 1. The molecular weight excluding hydrogens is 318 g/mol. The van der Waals surface area contributed by atoms with Gasteiger partial charge in [-0.3, -0.25) is 4.79 Å². The molecule has 0 spiro atoms. The first kappa shape index (κ1) is 15.3. The van der Waals surface area contributed by atoms with Crippen molar-refractivity contribution in [2.24, 2.45) is 0 Å². The smallest absolute Gasteiger partial charge is 0.253 e. The molecule has 1 aliphatic rings. The highest BCUT2D eigenvalue weighted by Gasteiger charge is 2.25. The number of piperidine rings is 1. The molecule has 20 heavy (non-hydrogen) atoms. The van der Waals surface area contributed by atoms with Crippen LogP contribution in [0.4, 0.5) is 5.69 Å². The van der Waals surface area contributed by atoms with E-state index in [-0.39, 0.29) is 5.91 Å². The summed E-state index contributed by atoms with van der Waals surface area (Å²) in [4.78, 5) is 16.8. The molecule has 1 amide bonds. The van der Waals surface area contributed by atoms with Crippen molar-refractivity contribution in [2.45, 2.75) is 25.8 Å². The second kappa shape index (κ2) is 6.59. The highest BCUT2D eigenvalue weighted by molar-refractivity contribution is 9.10. The van der Waals surface area contributed by atoms with Gasteiger partial charge in [0, 0.05) is 41.9 Å². The van der Waals surface area contributed by atoms with E-state index in [1.165, 1.54) is 0 Å². The zero-order valence-corrected chi connectivity index (χ0v) is 13.7. The molecule has 4 nitrogen and oxygen atoms in total. The lowest BCUT2D eigenvalue weighted by Gasteiger charge is -2.36. The molecule has 1 aromatic rings. The number of anilines is 1. The SMILES string of the molecule is CCN1CCC(N(C)C(=O)c2cc(N)cc(Br)c2)CC1. The molecule has 0 aliphatic carbocycles. The fraction of sp³-hybridized carbons (Fsp3) is 0.533. The Hall–Kier alpha value is -1.07. The minimum absolute atomic E-state index is 0.0490. The second-order valence-electron chi connectivity index (χ2n) is 5.35. The van der Waals surface area contributed by atoms with Gasteiger partial charge in [0.2, 0.25) is 0 Å². The zero-order valence-electron chi connectivity index (χ0n) is 12.1. The van der Waals surface area contributed by atoms with Gasteiger partial charge in [0.15, 0.2) is 0 Å². The van der Waals surface area contributed by atoms with Crippen LogP contribution in [-0.4, -0.2) is 48.4 Å². The number of carbonyl (C=O) groups excluding carboxylic acids is 1. The molecule has 5 heteroatoms. The predicted octanol–water partition coefficient (Wildman–Crippen LogP) is 2.59. The molecule has 1 saturated heterocycles. The summed E-state index contributed by atoms with van der Waals surface area (Å²) in [6, 6.07) is 5.70. The maximum absolute atomic E-state index is 12.5. The number of amides is 1. The Balaban J connectivity index is 2.05. The van der Waals surface area contributed by atoms with E-state index < -0.39 is 0 Å². The summed E-state index contributed by atoms with van der Waals surface area (Å²) < 4.78 is 0.843. The Bertz CT molecular complexity index is 464. The molecule has 0 unspecified atom stereocenters. The van der Waals surface area contributed by atoms with Crippen molar-refractivity contribution in [3.8, 4) is 0 Å². The van der Waals surface area contributed by atoms with Crippen LogP contribution in [0.2, 0.25) is 0 Å². The predicted molar refractivity (Wildman–Crippen MR) is 85.8 cm³/mol. The molecule has 1 aromatic carbocycles. The van der Waals surface area contributed by atoms with Gasteiger partial charge < -0.3 is 15.5 Å². The van der Waals surface area contributed by atoms with Crippen LogP contribution in [-0.2, 0) is 0 Å². The lowest BCUT2D eigenvalue weighted by molar-refractivity contribution is 0.0647.